The van der Waals surface area contributed by atoms with Gasteiger partial charge >= 0.3 is 0 Å². The third kappa shape index (κ3) is 2.35. The number of benzene rings is 1. The molecule has 2 aliphatic rings. The Morgan fingerprint density at radius 2 is 2.25 bits per heavy atom. The highest BCUT2D eigenvalue weighted by atomic mass is 79.9. The molecule has 20 heavy (non-hydrogen) atoms. The molecule has 4 nitrogen and oxygen atoms in total. The van der Waals surface area contributed by atoms with Crippen molar-refractivity contribution in [3.8, 4) is 0 Å². The van der Waals surface area contributed by atoms with E-state index >= 15 is 0 Å². The maximum atomic E-state index is 12.5. The molecule has 0 spiro atoms. The van der Waals surface area contributed by atoms with Gasteiger partial charge in [0, 0.05) is 29.2 Å². The van der Waals surface area contributed by atoms with Crippen molar-refractivity contribution >= 4 is 33.4 Å². The zero-order valence-corrected chi connectivity index (χ0v) is 13.0. The first-order valence-electron chi connectivity index (χ1n) is 6.94. The van der Waals surface area contributed by atoms with E-state index in [9.17, 15) is 9.59 Å². The average Bonchev–Trinajstić information content (AvgIpc) is 2.92. The Morgan fingerprint density at radius 1 is 1.45 bits per heavy atom. The molecular formula is C15H17BrN2O2. The van der Waals surface area contributed by atoms with E-state index in [0.717, 1.165) is 23.0 Å². The summed E-state index contributed by atoms with van der Waals surface area (Å²) in [7, 11) is 0. The lowest BCUT2D eigenvalue weighted by atomic mass is 10.1. The van der Waals surface area contributed by atoms with Gasteiger partial charge in [-0.05, 0) is 43.5 Å². The molecule has 0 saturated carbocycles. The predicted octanol–water partition coefficient (Wildman–Crippen LogP) is 2.35. The predicted molar refractivity (Wildman–Crippen MR) is 80.6 cm³/mol. The van der Waals surface area contributed by atoms with E-state index in [0.29, 0.717) is 13.0 Å². The fraction of sp³-hybridized carbons (Fsp3) is 0.467. The van der Waals surface area contributed by atoms with E-state index in [-0.39, 0.29) is 24.4 Å². The van der Waals surface area contributed by atoms with Gasteiger partial charge in [0.2, 0.25) is 11.8 Å². The highest BCUT2D eigenvalue weighted by molar-refractivity contribution is 9.10. The van der Waals surface area contributed by atoms with Crippen molar-refractivity contribution in [1.82, 2.24) is 4.90 Å². The van der Waals surface area contributed by atoms with Crippen molar-refractivity contribution < 1.29 is 9.59 Å². The van der Waals surface area contributed by atoms with E-state index in [1.165, 1.54) is 5.56 Å². The fourth-order valence-electron chi connectivity index (χ4n) is 3.09. The lowest BCUT2D eigenvalue weighted by molar-refractivity contribution is -0.132. The van der Waals surface area contributed by atoms with Crippen LogP contribution in [0, 0.1) is 0 Å². The summed E-state index contributed by atoms with van der Waals surface area (Å²) in [6.45, 7) is 2.97. The lowest BCUT2D eigenvalue weighted by Crippen LogP contribution is -2.43. The van der Waals surface area contributed by atoms with Crippen LogP contribution in [0.2, 0.25) is 0 Å². The molecular weight excluding hydrogens is 320 g/mol. The smallest absolute Gasteiger partial charge is 0.246 e. The van der Waals surface area contributed by atoms with Gasteiger partial charge in [-0.25, -0.2) is 0 Å². The molecule has 0 N–H and O–H groups in total. The first-order valence-corrected chi connectivity index (χ1v) is 7.74. The Labute approximate surface area is 126 Å². The largest absolute Gasteiger partial charge is 0.333 e. The SMILES string of the molecule is C[C@H]1Cc2cc(Br)ccc2N1C(=O)CN1CCCC1=O. The normalized spacial score (nSPS) is 21.5. The van der Waals surface area contributed by atoms with Crippen LogP contribution in [0.4, 0.5) is 5.69 Å². The number of rotatable bonds is 2. The number of amides is 2. The van der Waals surface area contributed by atoms with Crippen LogP contribution in [-0.4, -0.2) is 35.8 Å². The van der Waals surface area contributed by atoms with Gasteiger partial charge < -0.3 is 9.80 Å². The molecule has 2 aliphatic heterocycles. The van der Waals surface area contributed by atoms with Crippen molar-refractivity contribution in [3.63, 3.8) is 0 Å². The van der Waals surface area contributed by atoms with Gasteiger partial charge in [0.05, 0.1) is 0 Å². The van der Waals surface area contributed by atoms with Crippen LogP contribution in [0.15, 0.2) is 22.7 Å². The van der Waals surface area contributed by atoms with Crippen LogP contribution in [0.25, 0.3) is 0 Å². The average molecular weight is 337 g/mol. The third-order valence-electron chi connectivity index (χ3n) is 4.02. The van der Waals surface area contributed by atoms with Crippen LogP contribution >= 0.6 is 15.9 Å². The molecule has 1 aromatic rings. The number of anilines is 1. The van der Waals surface area contributed by atoms with Gasteiger partial charge in [0.15, 0.2) is 0 Å². The Balaban J connectivity index is 1.80. The van der Waals surface area contributed by atoms with E-state index < -0.39 is 0 Å². The van der Waals surface area contributed by atoms with Crippen molar-refractivity contribution in [2.45, 2.75) is 32.2 Å². The van der Waals surface area contributed by atoms with E-state index in [1.54, 1.807) is 4.90 Å². The lowest BCUT2D eigenvalue weighted by Gasteiger charge is -2.25. The van der Waals surface area contributed by atoms with Crippen LogP contribution in [-0.2, 0) is 16.0 Å². The zero-order valence-electron chi connectivity index (χ0n) is 11.4. The minimum absolute atomic E-state index is 0.0221. The highest BCUT2D eigenvalue weighted by Crippen LogP contribution is 2.34. The first kappa shape index (κ1) is 13.6. The second kappa shape index (κ2) is 5.20. The van der Waals surface area contributed by atoms with Crippen LogP contribution in [0.1, 0.15) is 25.3 Å². The number of carbonyl (C=O) groups excluding carboxylic acids is 2. The van der Waals surface area contributed by atoms with Gasteiger partial charge in [-0.3, -0.25) is 9.59 Å². The molecule has 106 valence electrons. The maximum Gasteiger partial charge on any atom is 0.246 e. The second-order valence-electron chi connectivity index (χ2n) is 5.51. The summed E-state index contributed by atoms with van der Waals surface area (Å²) in [5.74, 6) is 0.120. The minimum atomic E-state index is 0.0221. The Kier molecular flexibility index (Phi) is 3.54. The first-order chi connectivity index (χ1) is 9.56. The summed E-state index contributed by atoms with van der Waals surface area (Å²) in [5, 5.41) is 0. The quantitative estimate of drug-likeness (QED) is 0.831. The monoisotopic (exact) mass is 336 g/mol. The molecule has 0 aromatic heterocycles. The standard InChI is InChI=1S/C15H17BrN2O2/c1-10-7-11-8-12(16)4-5-13(11)18(10)15(20)9-17-6-2-3-14(17)19/h4-5,8,10H,2-3,6-7,9H2,1H3/t10-/m0/s1. The van der Waals surface area contributed by atoms with Gasteiger partial charge in [-0.1, -0.05) is 15.9 Å². The number of carbonyl (C=O) groups is 2. The molecule has 3 rings (SSSR count). The van der Waals surface area contributed by atoms with Gasteiger partial charge in [-0.2, -0.15) is 0 Å². The summed E-state index contributed by atoms with van der Waals surface area (Å²) >= 11 is 3.46. The molecule has 1 fully saturated rings. The van der Waals surface area contributed by atoms with Gasteiger partial charge in [0.25, 0.3) is 0 Å². The fourth-order valence-corrected chi connectivity index (χ4v) is 3.50. The Morgan fingerprint density at radius 3 is 2.95 bits per heavy atom. The Hall–Kier alpha value is -1.36. The van der Waals surface area contributed by atoms with Crippen LogP contribution in [0.5, 0.6) is 0 Å². The van der Waals surface area contributed by atoms with E-state index in [1.807, 2.05) is 17.0 Å². The second-order valence-corrected chi connectivity index (χ2v) is 6.42. The Bertz CT molecular complexity index is 573. The van der Waals surface area contributed by atoms with Crippen molar-refractivity contribution in [3.05, 3.63) is 28.2 Å². The topological polar surface area (TPSA) is 40.6 Å². The molecule has 2 amide bonds. The molecule has 2 heterocycles. The molecule has 1 aromatic carbocycles. The molecule has 0 unspecified atom stereocenters. The molecule has 5 heteroatoms. The zero-order chi connectivity index (χ0) is 14.3. The number of nitrogens with zero attached hydrogens (tertiary/aromatic N) is 2. The number of halogens is 1. The van der Waals surface area contributed by atoms with Gasteiger partial charge in [-0.15, -0.1) is 0 Å². The minimum Gasteiger partial charge on any atom is -0.333 e. The van der Waals surface area contributed by atoms with Crippen molar-refractivity contribution in [1.29, 1.82) is 0 Å². The number of fused-ring (bicyclic) bond motifs is 1. The summed E-state index contributed by atoms with van der Waals surface area (Å²) in [4.78, 5) is 27.7. The van der Waals surface area contributed by atoms with Crippen LogP contribution < -0.4 is 4.90 Å². The van der Waals surface area contributed by atoms with Crippen LogP contribution in [0.3, 0.4) is 0 Å². The molecule has 0 bridgehead atoms. The van der Waals surface area contributed by atoms with Gasteiger partial charge in [0.1, 0.15) is 6.54 Å². The summed E-state index contributed by atoms with van der Waals surface area (Å²) in [6.07, 6.45) is 2.31. The number of likely N-dealkylation sites (tertiary alicyclic amines) is 1. The van der Waals surface area contributed by atoms with Crippen molar-refractivity contribution in [2.75, 3.05) is 18.0 Å². The summed E-state index contributed by atoms with van der Waals surface area (Å²) in [5.41, 5.74) is 2.17. The summed E-state index contributed by atoms with van der Waals surface area (Å²) in [6, 6.07) is 6.16. The molecule has 1 atom stereocenters. The highest BCUT2D eigenvalue weighted by Gasteiger charge is 2.33. The molecule has 0 radical (unpaired) electrons. The number of hydrogen-bond acceptors (Lipinski definition) is 2. The maximum absolute atomic E-state index is 12.5. The van der Waals surface area contributed by atoms with E-state index in [4.69, 9.17) is 0 Å². The van der Waals surface area contributed by atoms with E-state index in [2.05, 4.69) is 28.9 Å². The van der Waals surface area contributed by atoms with Crippen molar-refractivity contribution in [2.24, 2.45) is 0 Å². The molecule has 0 aliphatic carbocycles. The third-order valence-corrected chi connectivity index (χ3v) is 4.52. The summed E-state index contributed by atoms with van der Waals surface area (Å²) < 4.78 is 1.03. The number of hydrogen-bond donors (Lipinski definition) is 0. The molecule has 1 saturated heterocycles.